The van der Waals surface area contributed by atoms with Crippen molar-refractivity contribution in [2.75, 3.05) is 30.4 Å². The molecule has 1 fully saturated rings. The Morgan fingerprint density at radius 1 is 0.939 bits per heavy atom. The Morgan fingerprint density at radius 3 is 2.48 bits per heavy atom. The van der Waals surface area contributed by atoms with Gasteiger partial charge in [0.2, 0.25) is 11.9 Å². The lowest BCUT2D eigenvalue weighted by atomic mass is 9.71. The maximum absolute atomic E-state index is 14.0. The van der Waals surface area contributed by atoms with Crippen molar-refractivity contribution in [3.8, 4) is 5.75 Å². The summed E-state index contributed by atoms with van der Waals surface area (Å²) in [6.45, 7) is 1.34. The first-order valence-electron chi connectivity index (χ1n) is 11.0. The number of aromatic nitrogens is 3. The highest BCUT2D eigenvalue weighted by molar-refractivity contribution is 6.05. The number of carbonyl (C=O) groups excluding carboxylic acids is 1. The molecule has 0 atom stereocenters. The van der Waals surface area contributed by atoms with E-state index in [1.54, 1.807) is 31.8 Å². The Hall–Kier alpha value is -4.00. The van der Waals surface area contributed by atoms with Gasteiger partial charge in [-0.2, -0.15) is 0 Å². The number of rotatable bonds is 5. The van der Waals surface area contributed by atoms with Crippen LogP contribution in [0, 0.1) is 0 Å². The van der Waals surface area contributed by atoms with E-state index in [1.165, 1.54) is 0 Å². The SMILES string of the molecule is COc1cccc(C2(C(=O)Nc3cccc4ncccc34)CCN(c3ncccn3)CC2)c1. The third kappa shape index (κ3) is 3.98. The lowest BCUT2D eigenvalue weighted by Gasteiger charge is -2.41. The number of pyridine rings is 1. The molecule has 1 aliphatic rings. The van der Waals surface area contributed by atoms with Crippen LogP contribution in [-0.2, 0) is 10.2 Å². The number of carbonyl (C=O) groups is 1. The summed E-state index contributed by atoms with van der Waals surface area (Å²) in [5.74, 6) is 1.40. The summed E-state index contributed by atoms with van der Waals surface area (Å²) in [4.78, 5) is 29.3. The largest absolute Gasteiger partial charge is 0.497 e. The van der Waals surface area contributed by atoms with Crippen molar-refractivity contribution < 1.29 is 9.53 Å². The number of fused-ring (bicyclic) bond motifs is 1. The Balaban J connectivity index is 1.49. The highest BCUT2D eigenvalue weighted by Gasteiger charge is 2.43. The molecular formula is C26H25N5O2. The Kier molecular flexibility index (Phi) is 5.60. The van der Waals surface area contributed by atoms with Gasteiger partial charge in [0.25, 0.3) is 0 Å². The second kappa shape index (κ2) is 8.86. The molecule has 3 heterocycles. The van der Waals surface area contributed by atoms with Crippen molar-refractivity contribution in [1.29, 1.82) is 0 Å². The quantitative estimate of drug-likeness (QED) is 0.502. The van der Waals surface area contributed by atoms with Crippen LogP contribution in [0.2, 0.25) is 0 Å². The molecule has 5 rings (SSSR count). The van der Waals surface area contributed by atoms with E-state index < -0.39 is 5.41 Å². The summed E-state index contributed by atoms with van der Waals surface area (Å²) in [5.41, 5.74) is 1.86. The van der Waals surface area contributed by atoms with Gasteiger partial charge in [0, 0.05) is 37.1 Å². The standard InChI is InChI=1S/C26H25N5O2/c1-33-20-7-2-6-19(18-20)26(11-16-31(17-12-26)25-28-14-5-15-29-25)24(32)30-23-10-3-9-22-21(23)8-4-13-27-22/h2-10,13-15,18H,11-12,16-17H2,1H3,(H,30,32). The van der Waals surface area contributed by atoms with Gasteiger partial charge in [0.15, 0.2) is 0 Å². The third-order valence-electron chi connectivity index (χ3n) is 6.40. The van der Waals surface area contributed by atoms with Gasteiger partial charge < -0.3 is 15.0 Å². The summed E-state index contributed by atoms with van der Waals surface area (Å²) >= 11 is 0. The minimum atomic E-state index is -0.704. The Bertz CT molecular complexity index is 1260. The summed E-state index contributed by atoms with van der Waals surface area (Å²) < 4.78 is 5.47. The molecule has 7 heteroatoms. The predicted octanol–water partition coefficient (Wildman–Crippen LogP) is 4.21. The second-order valence-corrected chi connectivity index (χ2v) is 8.18. The molecule has 4 aromatic rings. The van der Waals surface area contributed by atoms with E-state index >= 15 is 0 Å². The molecule has 166 valence electrons. The van der Waals surface area contributed by atoms with Crippen LogP contribution in [0.5, 0.6) is 5.75 Å². The molecule has 0 saturated carbocycles. The normalized spacial score (nSPS) is 15.2. The van der Waals surface area contributed by atoms with Crippen LogP contribution in [0.1, 0.15) is 18.4 Å². The van der Waals surface area contributed by atoms with Crippen molar-refractivity contribution in [3.63, 3.8) is 0 Å². The van der Waals surface area contributed by atoms with Gasteiger partial charge in [-0.05, 0) is 60.9 Å². The second-order valence-electron chi connectivity index (χ2n) is 8.18. The van der Waals surface area contributed by atoms with Crippen molar-refractivity contribution >= 4 is 28.4 Å². The molecule has 33 heavy (non-hydrogen) atoms. The lowest BCUT2D eigenvalue weighted by Crippen LogP contribution is -2.50. The smallest absolute Gasteiger partial charge is 0.235 e. The van der Waals surface area contributed by atoms with Crippen molar-refractivity contribution in [2.45, 2.75) is 18.3 Å². The van der Waals surface area contributed by atoms with Gasteiger partial charge in [-0.3, -0.25) is 9.78 Å². The number of anilines is 2. The van der Waals surface area contributed by atoms with Crippen molar-refractivity contribution in [1.82, 2.24) is 15.0 Å². The van der Waals surface area contributed by atoms with Gasteiger partial charge in [-0.15, -0.1) is 0 Å². The molecule has 1 amide bonds. The first kappa shape index (κ1) is 20.9. The average molecular weight is 440 g/mol. The van der Waals surface area contributed by atoms with E-state index in [0.29, 0.717) is 31.9 Å². The fourth-order valence-electron chi connectivity index (χ4n) is 4.56. The van der Waals surface area contributed by atoms with Crippen LogP contribution in [0.25, 0.3) is 10.9 Å². The van der Waals surface area contributed by atoms with Gasteiger partial charge >= 0.3 is 0 Å². The van der Waals surface area contributed by atoms with Gasteiger partial charge in [0.05, 0.1) is 23.7 Å². The molecule has 7 nitrogen and oxygen atoms in total. The van der Waals surface area contributed by atoms with Crippen LogP contribution < -0.4 is 15.0 Å². The molecule has 1 aliphatic heterocycles. The first-order chi connectivity index (χ1) is 16.2. The summed E-state index contributed by atoms with van der Waals surface area (Å²) in [6.07, 6.45) is 6.51. The number of piperidine rings is 1. The minimum absolute atomic E-state index is 0.0271. The summed E-state index contributed by atoms with van der Waals surface area (Å²) in [5, 5.41) is 4.14. The van der Waals surface area contributed by atoms with E-state index in [2.05, 4.69) is 25.2 Å². The first-order valence-corrected chi connectivity index (χ1v) is 11.0. The fourth-order valence-corrected chi connectivity index (χ4v) is 4.56. The number of nitrogens with one attached hydrogen (secondary N) is 1. The molecule has 0 spiro atoms. The van der Waals surface area contributed by atoms with Crippen LogP contribution >= 0.6 is 0 Å². The molecule has 1 N–H and O–H groups in total. The highest BCUT2D eigenvalue weighted by Crippen LogP contribution is 2.39. The summed E-state index contributed by atoms with van der Waals surface area (Å²) in [6, 6.07) is 19.3. The highest BCUT2D eigenvalue weighted by atomic mass is 16.5. The van der Waals surface area contributed by atoms with E-state index in [0.717, 1.165) is 27.9 Å². The minimum Gasteiger partial charge on any atom is -0.497 e. The number of hydrogen-bond acceptors (Lipinski definition) is 6. The maximum Gasteiger partial charge on any atom is 0.235 e. The van der Waals surface area contributed by atoms with Crippen molar-refractivity contribution in [3.05, 3.63) is 84.8 Å². The molecule has 1 saturated heterocycles. The Morgan fingerprint density at radius 2 is 1.70 bits per heavy atom. The summed E-state index contributed by atoms with van der Waals surface area (Å²) in [7, 11) is 1.64. The monoisotopic (exact) mass is 439 g/mol. The van der Waals surface area contributed by atoms with E-state index in [4.69, 9.17) is 4.74 Å². The molecule has 0 radical (unpaired) electrons. The zero-order valence-electron chi connectivity index (χ0n) is 18.4. The number of benzene rings is 2. The van der Waals surface area contributed by atoms with E-state index in [-0.39, 0.29) is 5.91 Å². The van der Waals surface area contributed by atoms with Gasteiger partial charge in [-0.1, -0.05) is 18.2 Å². The molecule has 0 aliphatic carbocycles. The predicted molar refractivity (Wildman–Crippen MR) is 129 cm³/mol. The number of amides is 1. The number of ether oxygens (including phenoxy) is 1. The number of methoxy groups -OCH3 is 1. The molecule has 0 bridgehead atoms. The number of hydrogen-bond donors (Lipinski definition) is 1. The molecule has 2 aromatic carbocycles. The van der Waals surface area contributed by atoms with Gasteiger partial charge in [0.1, 0.15) is 5.75 Å². The van der Waals surface area contributed by atoms with Crippen LogP contribution in [-0.4, -0.2) is 41.1 Å². The third-order valence-corrected chi connectivity index (χ3v) is 6.40. The van der Waals surface area contributed by atoms with Crippen molar-refractivity contribution in [2.24, 2.45) is 0 Å². The lowest BCUT2D eigenvalue weighted by molar-refractivity contribution is -0.122. The van der Waals surface area contributed by atoms with Crippen LogP contribution in [0.3, 0.4) is 0 Å². The van der Waals surface area contributed by atoms with E-state index in [1.807, 2.05) is 54.6 Å². The maximum atomic E-state index is 14.0. The zero-order chi connectivity index (χ0) is 22.7. The van der Waals surface area contributed by atoms with Crippen LogP contribution in [0.15, 0.2) is 79.3 Å². The Labute approximate surface area is 192 Å². The zero-order valence-corrected chi connectivity index (χ0v) is 18.4. The van der Waals surface area contributed by atoms with Crippen LogP contribution in [0.4, 0.5) is 11.6 Å². The molecule has 0 unspecified atom stereocenters. The fraction of sp³-hybridized carbons (Fsp3) is 0.231. The number of nitrogens with zero attached hydrogens (tertiary/aromatic N) is 4. The van der Waals surface area contributed by atoms with Gasteiger partial charge in [-0.25, -0.2) is 9.97 Å². The topological polar surface area (TPSA) is 80.2 Å². The molecular weight excluding hydrogens is 414 g/mol. The molecule has 2 aromatic heterocycles. The average Bonchev–Trinajstić information content (AvgIpc) is 2.89. The van der Waals surface area contributed by atoms with E-state index in [9.17, 15) is 4.79 Å².